The van der Waals surface area contributed by atoms with Gasteiger partial charge < -0.3 is 0 Å². The van der Waals surface area contributed by atoms with Gasteiger partial charge in [-0.3, -0.25) is 0 Å². The second-order valence-electron chi connectivity index (χ2n) is 5.26. The van der Waals surface area contributed by atoms with Crippen LogP contribution >= 0.6 is 10.7 Å². The van der Waals surface area contributed by atoms with Crippen molar-refractivity contribution in [2.45, 2.75) is 41.5 Å². The van der Waals surface area contributed by atoms with Crippen LogP contribution in [-0.2, 0) is 9.05 Å². The van der Waals surface area contributed by atoms with Crippen molar-refractivity contribution < 1.29 is 8.42 Å². The van der Waals surface area contributed by atoms with Crippen LogP contribution in [0, 0.1) is 23.2 Å². The van der Waals surface area contributed by atoms with E-state index in [1.54, 1.807) is 0 Å². The molecule has 0 unspecified atom stereocenters. The van der Waals surface area contributed by atoms with Gasteiger partial charge in [0.1, 0.15) is 0 Å². The zero-order valence-corrected chi connectivity index (χ0v) is 12.1. The summed E-state index contributed by atoms with van der Waals surface area (Å²) in [7, 11) is 1.98. The van der Waals surface area contributed by atoms with E-state index in [0.29, 0.717) is 17.8 Å². The Hall–Kier alpha value is 0.240. The third-order valence-corrected chi connectivity index (χ3v) is 4.82. The second kappa shape index (κ2) is 5.05. The summed E-state index contributed by atoms with van der Waals surface area (Å²) < 4.78 is 22.7. The fourth-order valence-electron chi connectivity index (χ4n) is 2.80. The molecule has 2 nitrogen and oxygen atoms in total. The van der Waals surface area contributed by atoms with Gasteiger partial charge in [-0.25, -0.2) is 8.42 Å². The molecule has 0 atom stereocenters. The molecule has 0 N–H and O–H groups in total. The monoisotopic (exact) mass is 254 g/mol. The molecule has 92 valence electrons. The molecule has 0 saturated heterocycles. The molecule has 0 aromatic carbocycles. The molecule has 15 heavy (non-hydrogen) atoms. The lowest BCUT2D eigenvalue weighted by Gasteiger charge is -2.44. The Labute approximate surface area is 98.8 Å². The summed E-state index contributed by atoms with van der Waals surface area (Å²) in [6.07, 6.45) is 0. The normalized spacial score (nSPS) is 14.3. The molecular formula is C11H23ClO2S. The largest absolute Gasteiger partial charge is 0.233 e. The molecular weight excluding hydrogens is 232 g/mol. The van der Waals surface area contributed by atoms with E-state index >= 15 is 0 Å². The molecule has 0 aromatic rings. The average Bonchev–Trinajstić information content (AvgIpc) is 1.96. The van der Waals surface area contributed by atoms with Gasteiger partial charge >= 0.3 is 0 Å². The van der Waals surface area contributed by atoms with E-state index in [4.69, 9.17) is 10.7 Å². The molecule has 4 heteroatoms. The van der Waals surface area contributed by atoms with Gasteiger partial charge in [-0.1, -0.05) is 41.5 Å². The first kappa shape index (κ1) is 15.2. The first-order valence-electron chi connectivity index (χ1n) is 5.46. The fourth-order valence-corrected chi connectivity index (χ4v) is 4.96. The van der Waals surface area contributed by atoms with E-state index in [2.05, 4.69) is 41.5 Å². The van der Waals surface area contributed by atoms with Crippen molar-refractivity contribution in [1.82, 2.24) is 0 Å². The smallest absolute Gasteiger partial charge is 0.212 e. The zero-order chi connectivity index (χ0) is 12.4. The van der Waals surface area contributed by atoms with Gasteiger partial charge in [0.25, 0.3) is 0 Å². The van der Waals surface area contributed by atoms with Crippen molar-refractivity contribution in [1.29, 1.82) is 0 Å². The number of hydrogen-bond donors (Lipinski definition) is 0. The van der Waals surface area contributed by atoms with Crippen molar-refractivity contribution >= 4 is 19.7 Å². The number of halogens is 1. The summed E-state index contributed by atoms with van der Waals surface area (Å²) in [6, 6.07) is 0. The topological polar surface area (TPSA) is 34.1 Å². The van der Waals surface area contributed by atoms with Crippen LogP contribution in [-0.4, -0.2) is 14.2 Å². The first-order valence-corrected chi connectivity index (χ1v) is 7.94. The highest BCUT2D eigenvalue weighted by Crippen LogP contribution is 2.44. The van der Waals surface area contributed by atoms with Crippen LogP contribution in [0.3, 0.4) is 0 Å². The van der Waals surface area contributed by atoms with Crippen LogP contribution in [0.2, 0.25) is 0 Å². The zero-order valence-electron chi connectivity index (χ0n) is 10.5. The van der Waals surface area contributed by atoms with Crippen LogP contribution < -0.4 is 0 Å². The van der Waals surface area contributed by atoms with E-state index in [0.717, 1.165) is 0 Å². The highest BCUT2D eigenvalue weighted by molar-refractivity contribution is 8.13. The Balaban J connectivity index is 5.34. The fraction of sp³-hybridized carbons (Fsp3) is 1.00. The van der Waals surface area contributed by atoms with Gasteiger partial charge in [-0.15, -0.1) is 0 Å². The molecule has 0 amide bonds. The Morgan fingerprint density at radius 3 is 1.27 bits per heavy atom. The van der Waals surface area contributed by atoms with Crippen LogP contribution in [0.1, 0.15) is 41.5 Å². The summed E-state index contributed by atoms with van der Waals surface area (Å²) in [5, 5.41) is 0. The van der Waals surface area contributed by atoms with Gasteiger partial charge in [0, 0.05) is 10.7 Å². The molecule has 0 aliphatic heterocycles. The van der Waals surface area contributed by atoms with Crippen LogP contribution in [0.25, 0.3) is 0 Å². The van der Waals surface area contributed by atoms with Crippen molar-refractivity contribution in [2.24, 2.45) is 23.2 Å². The predicted octanol–water partition coefficient (Wildman–Crippen LogP) is 3.51. The van der Waals surface area contributed by atoms with Gasteiger partial charge in [0.15, 0.2) is 0 Å². The van der Waals surface area contributed by atoms with Crippen molar-refractivity contribution in [2.75, 3.05) is 5.75 Å². The molecule has 0 spiro atoms. The Bertz CT molecular complexity index is 270. The van der Waals surface area contributed by atoms with Crippen molar-refractivity contribution in [3.63, 3.8) is 0 Å². The minimum atomic E-state index is -3.44. The molecule has 0 fully saturated rings. The third kappa shape index (κ3) is 3.63. The molecule has 0 heterocycles. The predicted molar refractivity (Wildman–Crippen MR) is 66.6 cm³/mol. The number of rotatable bonds is 5. The van der Waals surface area contributed by atoms with Crippen molar-refractivity contribution in [3.8, 4) is 0 Å². The summed E-state index contributed by atoms with van der Waals surface area (Å²) in [6.45, 7) is 12.4. The van der Waals surface area contributed by atoms with Crippen LogP contribution in [0.4, 0.5) is 0 Å². The van der Waals surface area contributed by atoms with E-state index in [-0.39, 0.29) is 11.2 Å². The summed E-state index contributed by atoms with van der Waals surface area (Å²) in [4.78, 5) is 0. The van der Waals surface area contributed by atoms with Gasteiger partial charge in [-0.05, 0) is 23.2 Å². The highest BCUT2D eigenvalue weighted by Gasteiger charge is 2.43. The molecule has 0 saturated carbocycles. The number of hydrogen-bond acceptors (Lipinski definition) is 2. The standard InChI is InChI=1S/C11H23ClO2S/c1-8(2)11(9(3)4,10(5)6)7-15(12,13)14/h8-10H,7H2,1-6H3. The van der Waals surface area contributed by atoms with E-state index in [1.165, 1.54) is 0 Å². The molecule has 0 aromatic heterocycles. The minimum absolute atomic E-state index is 0.0640. The van der Waals surface area contributed by atoms with Crippen molar-refractivity contribution in [3.05, 3.63) is 0 Å². The quantitative estimate of drug-likeness (QED) is 0.704. The van der Waals surface area contributed by atoms with Crippen LogP contribution in [0.5, 0.6) is 0 Å². The van der Waals surface area contributed by atoms with E-state index < -0.39 is 9.05 Å². The summed E-state index contributed by atoms with van der Waals surface area (Å²) in [5.74, 6) is 0.956. The Morgan fingerprint density at radius 1 is 0.933 bits per heavy atom. The average molecular weight is 255 g/mol. The summed E-state index contributed by atoms with van der Waals surface area (Å²) >= 11 is 0. The lowest BCUT2D eigenvalue weighted by Crippen LogP contribution is -2.43. The molecule has 0 radical (unpaired) electrons. The van der Waals surface area contributed by atoms with E-state index in [1.807, 2.05) is 0 Å². The minimum Gasteiger partial charge on any atom is -0.212 e. The first-order chi connectivity index (χ1) is 6.54. The Morgan fingerprint density at radius 2 is 1.20 bits per heavy atom. The van der Waals surface area contributed by atoms with Gasteiger partial charge in [0.2, 0.25) is 9.05 Å². The van der Waals surface area contributed by atoms with Crippen LogP contribution in [0.15, 0.2) is 0 Å². The second-order valence-corrected chi connectivity index (χ2v) is 8.04. The SMILES string of the molecule is CC(C)C(CS(=O)(=O)Cl)(C(C)C)C(C)C. The summed E-state index contributed by atoms with van der Waals surface area (Å²) in [5.41, 5.74) is -0.236. The maximum Gasteiger partial charge on any atom is 0.233 e. The molecule has 0 aliphatic carbocycles. The maximum absolute atomic E-state index is 11.3. The van der Waals surface area contributed by atoms with Gasteiger partial charge in [-0.2, -0.15) is 0 Å². The third-order valence-electron chi connectivity index (χ3n) is 3.65. The molecule has 0 rings (SSSR count). The maximum atomic E-state index is 11.3. The molecule has 0 bridgehead atoms. The lowest BCUT2D eigenvalue weighted by molar-refractivity contribution is 0.0775. The van der Waals surface area contributed by atoms with Gasteiger partial charge in [0.05, 0.1) is 5.75 Å². The van der Waals surface area contributed by atoms with E-state index in [9.17, 15) is 8.42 Å². The molecule has 0 aliphatic rings. The highest BCUT2D eigenvalue weighted by atomic mass is 35.7. The lowest BCUT2D eigenvalue weighted by atomic mass is 9.63. The Kier molecular flexibility index (Phi) is 5.13.